The van der Waals surface area contributed by atoms with Crippen molar-refractivity contribution in [2.24, 2.45) is 5.41 Å². The molecule has 2 fully saturated rings. The van der Waals surface area contributed by atoms with Crippen molar-refractivity contribution in [3.8, 4) is 0 Å². The van der Waals surface area contributed by atoms with E-state index in [1.54, 1.807) is 0 Å². The van der Waals surface area contributed by atoms with Crippen LogP contribution in [0.2, 0.25) is 0 Å². The van der Waals surface area contributed by atoms with E-state index in [4.69, 9.17) is 4.74 Å². The smallest absolute Gasteiger partial charge is 0.127 e. The fraction of sp³-hybridized carbons (Fsp3) is 0.917. The summed E-state index contributed by atoms with van der Waals surface area (Å²) in [5, 5.41) is 0. The molecule has 1 heterocycles. The first kappa shape index (κ1) is 11.1. The highest BCUT2D eigenvalue weighted by atomic mass is 16.5. The topological polar surface area (TPSA) is 29.5 Å². The van der Waals surface area contributed by atoms with Crippen molar-refractivity contribution in [1.82, 2.24) is 4.90 Å². The average Bonchev–Trinajstić information content (AvgIpc) is 2.16. The fourth-order valence-corrected chi connectivity index (χ4v) is 2.54. The number of aldehydes is 1. The molecule has 0 aromatic rings. The van der Waals surface area contributed by atoms with Crippen LogP contribution < -0.4 is 0 Å². The van der Waals surface area contributed by atoms with Crippen LogP contribution >= 0.6 is 0 Å². The monoisotopic (exact) mass is 211 g/mol. The van der Waals surface area contributed by atoms with E-state index in [9.17, 15) is 4.79 Å². The molecule has 0 bridgehead atoms. The molecule has 0 aromatic heterocycles. The van der Waals surface area contributed by atoms with Crippen LogP contribution in [-0.2, 0) is 9.53 Å². The molecule has 0 atom stereocenters. The summed E-state index contributed by atoms with van der Waals surface area (Å²) >= 11 is 0. The van der Waals surface area contributed by atoms with Crippen molar-refractivity contribution in [3.63, 3.8) is 0 Å². The lowest BCUT2D eigenvalue weighted by Gasteiger charge is -2.41. The minimum Gasteiger partial charge on any atom is -0.381 e. The molecule has 1 aliphatic carbocycles. The van der Waals surface area contributed by atoms with E-state index in [1.807, 2.05) is 0 Å². The molecule has 0 unspecified atom stereocenters. The molecule has 0 radical (unpaired) electrons. The molecule has 1 aliphatic heterocycles. The van der Waals surface area contributed by atoms with Crippen LogP contribution in [0.5, 0.6) is 0 Å². The third-order valence-electron chi connectivity index (χ3n) is 4.00. The Labute approximate surface area is 91.8 Å². The van der Waals surface area contributed by atoms with Gasteiger partial charge in [-0.1, -0.05) is 6.42 Å². The van der Waals surface area contributed by atoms with Gasteiger partial charge in [0.1, 0.15) is 6.29 Å². The molecular formula is C12H21NO2. The van der Waals surface area contributed by atoms with E-state index in [0.29, 0.717) is 0 Å². The van der Waals surface area contributed by atoms with Gasteiger partial charge in [0.2, 0.25) is 0 Å². The summed E-state index contributed by atoms with van der Waals surface area (Å²) in [5.41, 5.74) is -0.122. The average molecular weight is 211 g/mol. The van der Waals surface area contributed by atoms with Gasteiger partial charge in [0, 0.05) is 31.2 Å². The van der Waals surface area contributed by atoms with Crippen LogP contribution in [0.1, 0.15) is 32.1 Å². The molecule has 3 heteroatoms. The first-order chi connectivity index (χ1) is 7.26. The fourth-order valence-electron chi connectivity index (χ4n) is 2.54. The van der Waals surface area contributed by atoms with Gasteiger partial charge in [0.15, 0.2) is 0 Å². The number of ether oxygens (including phenoxy) is 1. The Bertz CT molecular complexity index is 220. The first-order valence-corrected chi connectivity index (χ1v) is 6.00. The number of carbonyl (C=O) groups excluding carboxylic acids is 1. The maximum atomic E-state index is 11.3. The molecule has 3 nitrogen and oxygen atoms in total. The van der Waals surface area contributed by atoms with Crippen molar-refractivity contribution >= 4 is 6.29 Å². The maximum absolute atomic E-state index is 11.3. The summed E-state index contributed by atoms with van der Waals surface area (Å²) < 4.78 is 5.33. The second-order valence-corrected chi connectivity index (χ2v) is 5.09. The molecule has 1 saturated carbocycles. The molecule has 1 saturated heterocycles. The van der Waals surface area contributed by atoms with Gasteiger partial charge in [-0.15, -0.1) is 0 Å². The van der Waals surface area contributed by atoms with E-state index in [-0.39, 0.29) is 5.41 Å². The van der Waals surface area contributed by atoms with Gasteiger partial charge in [-0.2, -0.15) is 0 Å². The van der Waals surface area contributed by atoms with Gasteiger partial charge in [-0.25, -0.2) is 0 Å². The Hall–Kier alpha value is -0.410. The van der Waals surface area contributed by atoms with Crippen LogP contribution in [0.15, 0.2) is 0 Å². The highest BCUT2D eigenvalue weighted by Gasteiger charge is 2.35. The Morgan fingerprint density at radius 3 is 2.53 bits per heavy atom. The van der Waals surface area contributed by atoms with E-state index < -0.39 is 0 Å². The molecule has 0 N–H and O–H groups in total. The summed E-state index contributed by atoms with van der Waals surface area (Å²) in [6.45, 7) is 2.42. The minimum absolute atomic E-state index is 0.122. The molecule has 86 valence electrons. The normalized spacial score (nSPS) is 26.3. The lowest BCUT2D eigenvalue weighted by molar-refractivity contribution is -0.123. The molecular weight excluding hydrogens is 190 g/mol. The Morgan fingerprint density at radius 2 is 2.07 bits per heavy atom. The summed E-state index contributed by atoms with van der Waals surface area (Å²) in [7, 11) is 2.16. The number of rotatable bonds is 4. The van der Waals surface area contributed by atoms with Crippen molar-refractivity contribution < 1.29 is 9.53 Å². The van der Waals surface area contributed by atoms with Crippen LogP contribution in [0.3, 0.4) is 0 Å². The third-order valence-corrected chi connectivity index (χ3v) is 4.00. The SMILES string of the molecule is CN(CC1(C=O)CCOCC1)C1CCC1. The zero-order valence-electron chi connectivity index (χ0n) is 9.58. The van der Waals surface area contributed by atoms with Gasteiger partial charge in [0.25, 0.3) is 0 Å². The predicted octanol–water partition coefficient (Wildman–Crippen LogP) is 1.47. The largest absolute Gasteiger partial charge is 0.381 e. The molecule has 0 aromatic carbocycles. The number of hydrogen-bond donors (Lipinski definition) is 0. The molecule has 15 heavy (non-hydrogen) atoms. The first-order valence-electron chi connectivity index (χ1n) is 6.00. The van der Waals surface area contributed by atoms with E-state index in [0.717, 1.165) is 38.6 Å². The van der Waals surface area contributed by atoms with Crippen molar-refractivity contribution in [3.05, 3.63) is 0 Å². The quantitative estimate of drug-likeness (QED) is 0.659. The van der Waals surface area contributed by atoms with Crippen LogP contribution in [0.4, 0.5) is 0 Å². The highest BCUT2D eigenvalue weighted by molar-refractivity contribution is 5.60. The van der Waals surface area contributed by atoms with E-state index in [1.165, 1.54) is 25.5 Å². The standard InChI is InChI=1S/C12H21NO2/c1-13(11-3-2-4-11)9-12(10-14)5-7-15-8-6-12/h10-11H,2-9H2,1H3. The zero-order chi connectivity index (χ0) is 10.7. The highest BCUT2D eigenvalue weighted by Crippen LogP contribution is 2.32. The van der Waals surface area contributed by atoms with E-state index >= 15 is 0 Å². The number of carbonyl (C=O) groups is 1. The third kappa shape index (κ3) is 2.40. The molecule has 2 aliphatic rings. The summed E-state index contributed by atoms with van der Waals surface area (Å²) in [5.74, 6) is 0. The van der Waals surface area contributed by atoms with Gasteiger partial charge >= 0.3 is 0 Å². The summed E-state index contributed by atoms with van der Waals surface area (Å²) in [4.78, 5) is 13.6. The lowest BCUT2D eigenvalue weighted by atomic mass is 9.80. The Kier molecular flexibility index (Phi) is 3.42. The summed E-state index contributed by atoms with van der Waals surface area (Å²) in [6, 6.07) is 0.727. The van der Waals surface area contributed by atoms with Crippen molar-refractivity contribution in [2.45, 2.75) is 38.1 Å². The number of hydrogen-bond acceptors (Lipinski definition) is 3. The van der Waals surface area contributed by atoms with Crippen LogP contribution in [0, 0.1) is 5.41 Å². The van der Waals surface area contributed by atoms with Gasteiger partial charge < -0.3 is 14.4 Å². The maximum Gasteiger partial charge on any atom is 0.127 e. The second kappa shape index (κ2) is 4.62. The van der Waals surface area contributed by atoms with E-state index in [2.05, 4.69) is 11.9 Å². The molecule has 0 spiro atoms. The molecule has 2 rings (SSSR count). The van der Waals surface area contributed by atoms with Crippen LogP contribution in [-0.4, -0.2) is 44.0 Å². The van der Waals surface area contributed by atoms with Gasteiger partial charge in [0.05, 0.1) is 0 Å². The van der Waals surface area contributed by atoms with Crippen molar-refractivity contribution in [1.29, 1.82) is 0 Å². The Morgan fingerprint density at radius 1 is 1.40 bits per heavy atom. The summed E-state index contributed by atoms with van der Waals surface area (Å²) in [6.07, 6.45) is 6.93. The second-order valence-electron chi connectivity index (χ2n) is 5.09. The predicted molar refractivity (Wildman–Crippen MR) is 58.8 cm³/mol. The van der Waals surface area contributed by atoms with Gasteiger partial charge in [-0.05, 0) is 32.7 Å². The Balaban J connectivity index is 1.90. The van der Waals surface area contributed by atoms with Gasteiger partial charge in [-0.3, -0.25) is 0 Å². The zero-order valence-corrected chi connectivity index (χ0v) is 9.58. The van der Waals surface area contributed by atoms with Crippen LogP contribution in [0.25, 0.3) is 0 Å². The van der Waals surface area contributed by atoms with Crippen molar-refractivity contribution in [2.75, 3.05) is 26.8 Å². The minimum atomic E-state index is -0.122. The number of nitrogens with zero attached hydrogens (tertiary/aromatic N) is 1. The molecule has 0 amide bonds. The lowest BCUT2D eigenvalue weighted by Crippen LogP contribution is -2.47.